The van der Waals surface area contributed by atoms with Gasteiger partial charge in [-0.1, -0.05) is 6.92 Å². The lowest BCUT2D eigenvalue weighted by molar-refractivity contribution is -0.115. The Morgan fingerprint density at radius 3 is 2.78 bits per heavy atom. The minimum absolute atomic E-state index is 0.0341. The number of hydrogen-bond donors (Lipinski definition) is 1. The predicted octanol–water partition coefficient (Wildman–Crippen LogP) is 3.03. The van der Waals surface area contributed by atoms with Crippen LogP contribution in [0.3, 0.4) is 0 Å². The third-order valence-electron chi connectivity index (χ3n) is 5.15. The number of nitrogens with one attached hydrogen (secondary N) is 1. The van der Waals surface area contributed by atoms with Crippen LogP contribution in [0.15, 0.2) is 36.0 Å². The number of carbonyl (C=O) groups excluding carboxylic acids is 1. The van der Waals surface area contributed by atoms with Crippen molar-refractivity contribution in [2.45, 2.75) is 20.3 Å². The Morgan fingerprint density at radius 1 is 1.26 bits per heavy atom. The van der Waals surface area contributed by atoms with Crippen LogP contribution >= 0.6 is 11.3 Å². The monoisotopic (exact) mass is 383 g/mol. The molecule has 1 aromatic carbocycles. The van der Waals surface area contributed by atoms with Crippen LogP contribution in [0.1, 0.15) is 18.2 Å². The summed E-state index contributed by atoms with van der Waals surface area (Å²) in [6, 6.07) is 6.29. The number of hydrogen-bond acceptors (Lipinski definition) is 5. The number of aromatic nitrogens is 2. The number of piperazine rings is 1. The van der Waals surface area contributed by atoms with Crippen molar-refractivity contribution in [3.63, 3.8) is 0 Å². The number of carbonyl (C=O) groups is 1. The molecule has 0 radical (unpaired) electrons. The molecule has 1 aliphatic rings. The van der Waals surface area contributed by atoms with E-state index in [1.807, 2.05) is 35.2 Å². The maximum atomic E-state index is 12.4. The van der Waals surface area contributed by atoms with Crippen LogP contribution < -0.4 is 10.2 Å². The molecule has 0 spiro atoms. The molecule has 2 aromatic heterocycles. The van der Waals surface area contributed by atoms with Gasteiger partial charge in [-0.05, 0) is 37.2 Å². The standard InChI is InChI=1S/C20H25N5OS/c1-3-23-6-8-24(9-7-23)17-4-5-18(15(2)12-17)22-19(26)13-16-14-25-10-11-27-20(25)21-16/h4-5,10-12,14H,3,6-9,13H2,1-2H3,(H,22,26). The zero-order valence-corrected chi connectivity index (χ0v) is 16.6. The summed E-state index contributed by atoms with van der Waals surface area (Å²) in [6.07, 6.45) is 4.16. The zero-order valence-electron chi connectivity index (χ0n) is 15.8. The molecule has 0 atom stereocenters. The number of nitrogens with zero attached hydrogens (tertiary/aromatic N) is 4. The number of amides is 1. The number of rotatable bonds is 5. The first-order chi connectivity index (χ1) is 13.1. The molecule has 6 nitrogen and oxygen atoms in total. The van der Waals surface area contributed by atoms with Crippen molar-refractivity contribution >= 4 is 33.6 Å². The average molecular weight is 384 g/mol. The molecule has 1 saturated heterocycles. The molecule has 0 aliphatic carbocycles. The first kappa shape index (κ1) is 18.0. The maximum Gasteiger partial charge on any atom is 0.230 e. The van der Waals surface area contributed by atoms with E-state index in [0.717, 1.165) is 54.6 Å². The van der Waals surface area contributed by atoms with E-state index >= 15 is 0 Å². The van der Waals surface area contributed by atoms with Gasteiger partial charge in [0.05, 0.1) is 12.1 Å². The van der Waals surface area contributed by atoms with Crippen molar-refractivity contribution in [1.82, 2.24) is 14.3 Å². The summed E-state index contributed by atoms with van der Waals surface area (Å²) in [5.74, 6) is -0.0341. The van der Waals surface area contributed by atoms with Gasteiger partial charge in [0.25, 0.3) is 0 Å². The van der Waals surface area contributed by atoms with Crippen LogP contribution in [-0.4, -0.2) is 52.9 Å². The fourth-order valence-corrected chi connectivity index (χ4v) is 4.25. The zero-order chi connectivity index (χ0) is 18.8. The topological polar surface area (TPSA) is 52.9 Å². The third kappa shape index (κ3) is 3.99. The Hall–Kier alpha value is -2.38. The molecule has 4 rings (SSSR count). The van der Waals surface area contributed by atoms with E-state index in [4.69, 9.17) is 0 Å². The molecule has 7 heteroatoms. The highest BCUT2D eigenvalue weighted by Gasteiger charge is 2.17. The summed E-state index contributed by atoms with van der Waals surface area (Å²) in [5.41, 5.74) is 3.99. The molecule has 3 heterocycles. The highest BCUT2D eigenvalue weighted by molar-refractivity contribution is 7.15. The Labute approximate surface area is 163 Å². The molecule has 0 saturated carbocycles. The summed E-state index contributed by atoms with van der Waals surface area (Å²) in [7, 11) is 0. The number of anilines is 2. The number of aryl methyl sites for hydroxylation is 1. The van der Waals surface area contributed by atoms with Gasteiger partial charge < -0.3 is 15.1 Å². The Bertz CT molecular complexity index is 910. The number of thiazole rings is 1. The Balaban J connectivity index is 1.38. The molecule has 1 amide bonds. The largest absolute Gasteiger partial charge is 0.369 e. The molecule has 1 aliphatic heterocycles. The lowest BCUT2D eigenvalue weighted by Gasteiger charge is -2.35. The maximum absolute atomic E-state index is 12.4. The van der Waals surface area contributed by atoms with Gasteiger partial charge in [-0.3, -0.25) is 9.20 Å². The molecule has 142 valence electrons. The fraction of sp³-hybridized carbons (Fsp3) is 0.400. The van der Waals surface area contributed by atoms with E-state index in [1.165, 1.54) is 5.69 Å². The molecule has 27 heavy (non-hydrogen) atoms. The number of imidazole rings is 1. The Morgan fingerprint density at radius 2 is 2.07 bits per heavy atom. The van der Waals surface area contributed by atoms with Gasteiger partial charge in [0.1, 0.15) is 0 Å². The van der Waals surface area contributed by atoms with Crippen molar-refractivity contribution < 1.29 is 4.79 Å². The number of benzene rings is 1. The van der Waals surface area contributed by atoms with E-state index in [0.29, 0.717) is 0 Å². The van der Waals surface area contributed by atoms with Crippen molar-refractivity contribution in [2.75, 3.05) is 42.9 Å². The van der Waals surface area contributed by atoms with Crippen LogP contribution in [0.25, 0.3) is 4.96 Å². The van der Waals surface area contributed by atoms with E-state index in [-0.39, 0.29) is 12.3 Å². The highest BCUT2D eigenvalue weighted by Crippen LogP contribution is 2.24. The van der Waals surface area contributed by atoms with Crippen molar-refractivity contribution in [3.05, 3.63) is 47.2 Å². The molecular formula is C20H25N5OS. The van der Waals surface area contributed by atoms with Crippen LogP contribution in [0, 0.1) is 6.92 Å². The molecular weight excluding hydrogens is 358 g/mol. The van der Waals surface area contributed by atoms with Crippen molar-refractivity contribution in [2.24, 2.45) is 0 Å². The molecule has 1 N–H and O–H groups in total. The first-order valence-corrected chi connectivity index (χ1v) is 10.3. The summed E-state index contributed by atoms with van der Waals surface area (Å²) in [6.45, 7) is 9.70. The molecule has 1 fully saturated rings. The van der Waals surface area contributed by atoms with E-state index in [9.17, 15) is 4.79 Å². The fourth-order valence-electron chi connectivity index (χ4n) is 3.53. The lowest BCUT2D eigenvalue weighted by Crippen LogP contribution is -2.46. The van der Waals surface area contributed by atoms with Crippen LogP contribution in [0.4, 0.5) is 11.4 Å². The number of likely N-dealkylation sites (N-methyl/N-ethyl adjacent to an activating group) is 1. The third-order valence-corrected chi connectivity index (χ3v) is 5.92. The van der Waals surface area contributed by atoms with Gasteiger partial charge in [0, 0.05) is 55.3 Å². The SMILES string of the molecule is CCN1CCN(c2ccc(NC(=O)Cc3cn4ccsc4n3)c(C)c2)CC1. The quantitative estimate of drug-likeness (QED) is 0.736. The van der Waals surface area contributed by atoms with E-state index in [1.54, 1.807) is 11.3 Å². The summed E-state index contributed by atoms with van der Waals surface area (Å²) in [5, 5.41) is 5.02. The summed E-state index contributed by atoms with van der Waals surface area (Å²) < 4.78 is 1.95. The van der Waals surface area contributed by atoms with Crippen molar-refractivity contribution in [3.8, 4) is 0 Å². The average Bonchev–Trinajstić information content (AvgIpc) is 3.25. The summed E-state index contributed by atoms with van der Waals surface area (Å²) >= 11 is 1.57. The van der Waals surface area contributed by atoms with Crippen LogP contribution in [0.2, 0.25) is 0 Å². The van der Waals surface area contributed by atoms with Gasteiger partial charge in [-0.25, -0.2) is 4.98 Å². The van der Waals surface area contributed by atoms with Gasteiger partial charge >= 0.3 is 0 Å². The van der Waals surface area contributed by atoms with E-state index < -0.39 is 0 Å². The normalized spacial score (nSPS) is 15.4. The second-order valence-electron chi connectivity index (χ2n) is 6.97. The summed E-state index contributed by atoms with van der Waals surface area (Å²) in [4.78, 5) is 22.7. The van der Waals surface area contributed by atoms with Crippen molar-refractivity contribution in [1.29, 1.82) is 0 Å². The van der Waals surface area contributed by atoms with E-state index in [2.05, 4.69) is 39.2 Å². The minimum atomic E-state index is -0.0341. The highest BCUT2D eigenvalue weighted by atomic mass is 32.1. The number of fused-ring (bicyclic) bond motifs is 1. The van der Waals surface area contributed by atoms with Crippen LogP contribution in [-0.2, 0) is 11.2 Å². The lowest BCUT2D eigenvalue weighted by atomic mass is 10.1. The molecule has 0 bridgehead atoms. The second-order valence-corrected chi connectivity index (χ2v) is 7.84. The van der Waals surface area contributed by atoms with Gasteiger partial charge in [0.15, 0.2) is 4.96 Å². The molecule has 3 aromatic rings. The Kier molecular flexibility index (Phi) is 5.13. The second kappa shape index (κ2) is 7.70. The first-order valence-electron chi connectivity index (χ1n) is 9.41. The predicted molar refractivity (Wildman–Crippen MR) is 111 cm³/mol. The van der Waals surface area contributed by atoms with Gasteiger partial charge in [0.2, 0.25) is 5.91 Å². The van der Waals surface area contributed by atoms with Gasteiger partial charge in [-0.2, -0.15) is 0 Å². The molecule has 0 unspecified atom stereocenters. The minimum Gasteiger partial charge on any atom is -0.369 e. The van der Waals surface area contributed by atoms with Crippen LogP contribution in [0.5, 0.6) is 0 Å². The van der Waals surface area contributed by atoms with Gasteiger partial charge in [-0.15, -0.1) is 11.3 Å². The smallest absolute Gasteiger partial charge is 0.230 e.